The summed E-state index contributed by atoms with van der Waals surface area (Å²) in [5.41, 5.74) is -0.167. The fraction of sp³-hybridized carbons (Fsp3) is 0.526. The lowest BCUT2D eigenvalue weighted by atomic mass is 9.49. The summed E-state index contributed by atoms with van der Waals surface area (Å²) in [6.07, 6.45) is 8.53. The molecule has 4 aliphatic carbocycles. The van der Waals surface area contributed by atoms with Crippen molar-refractivity contribution in [1.29, 1.82) is 0 Å². The largest absolute Gasteiger partial charge is 0.250 e. The molecule has 4 bridgehead atoms. The van der Waals surface area contributed by atoms with Crippen molar-refractivity contribution in [2.75, 3.05) is 0 Å². The molecule has 1 aromatic heterocycles. The highest BCUT2D eigenvalue weighted by Gasteiger charge is 2.53. The van der Waals surface area contributed by atoms with Crippen LogP contribution in [0.4, 0.5) is 8.78 Å². The van der Waals surface area contributed by atoms with E-state index in [2.05, 4.69) is 15.3 Å². The third-order valence-electron chi connectivity index (χ3n) is 6.47. The first kappa shape index (κ1) is 16.3. The van der Waals surface area contributed by atoms with Crippen molar-refractivity contribution in [1.82, 2.24) is 14.9 Å². The van der Waals surface area contributed by atoms with Crippen LogP contribution in [0.25, 0.3) is 0 Å². The van der Waals surface area contributed by atoms with Crippen molar-refractivity contribution < 1.29 is 8.78 Å². The Labute approximate surface area is 155 Å². The second kappa shape index (κ2) is 5.81. The van der Waals surface area contributed by atoms with Crippen LogP contribution in [0.15, 0.2) is 23.3 Å². The number of nitrogens with one attached hydrogen (secondary N) is 1. The van der Waals surface area contributed by atoms with Crippen LogP contribution in [0, 0.1) is 34.2 Å². The molecular weight excluding hydrogens is 354 g/mol. The topological polar surface area (TPSA) is 46.0 Å². The molecule has 1 N–H and O–H groups in total. The zero-order chi connectivity index (χ0) is 17.9. The molecule has 6 rings (SSSR count). The van der Waals surface area contributed by atoms with Crippen molar-refractivity contribution in [3.63, 3.8) is 0 Å². The van der Waals surface area contributed by atoms with Gasteiger partial charge in [-0.1, -0.05) is 6.07 Å². The zero-order valence-electron chi connectivity index (χ0n) is 14.3. The molecule has 26 heavy (non-hydrogen) atoms. The molecule has 1 aromatic carbocycles. The number of benzene rings is 1. The fourth-order valence-electron chi connectivity index (χ4n) is 5.88. The number of rotatable bonds is 3. The predicted octanol–water partition coefficient (Wildman–Crippen LogP) is 4.57. The van der Waals surface area contributed by atoms with Gasteiger partial charge >= 0.3 is 0 Å². The first-order valence-electron chi connectivity index (χ1n) is 9.20. The molecule has 0 saturated heterocycles. The highest BCUT2D eigenvalue weighted by Crippen LogP contribution is 2.60. The maximum absolute atomic E-state index is 13.9. The monoisotopic (exact) mass is 374 g/mol. The summed E-state index contributed by atoms with van der Waals surface area (Å²) in [6, 6.07) is 3.78. The molecule has 4 nitrogen and oxygen atoms in total. The summed E-state index contributed by atoms with van der Waals surface area (Å²) in [7, 11) is 0. The summed E-state index contributed by atoms with van der Waals surface area (Å²) in [4.78, 5) is 0. The van der Waals surface area contributed by atoms with E-state index in [1.807, 2.05) is 0 Å². The van der Waals surface area contributed by atoms with Gasteiger partial charge in [-0.25, -0.2) is 8.78 Å². The van der Waals surface area contributed by atoms with Crippen molar-refractivity contribution in [3.05, 3.63) is 46.0 Å². The minimum absolute atomic E-state index is 0.00652. The van der Waals surface area contributed by atoms with Gasteiger partial charge in [-0.05, 0) is 80.6 Å². The van der Waals surface area contributed by atoms with Crippen LogP contribution in [0.3, 0.4) is 0 Å². The first-order chi connectivity index (χ1) is 12.5. The Bertz CT molecular complexity index is 890. The van der Waals surface area contributed by atoms with Crippen LogP contribution in [0.2, 0.25) is 0 Å². The number of aromatic amines is 1. The van der Waals surface area contributed by atoms with Gasteiger partial charge in [0, 0.05) is 5.41 Å². The first-order valence-corrected chi connectivity index (χ1v) is 9.61. The van der Waals surface area contributed by atoms with E-state index in [4.69, 9.17) is 12.2 Å². The lowest BCUT2D eigenvalue weighted by Crippen LogP contribution is -2.49. The summed E-state index contributed by atoms with van der Waals surface area (Å²) < 4.78 is 29.7. The molecule has 0 aliphatic heterocycles. The molecule has 0 unspecified atom stereocenters. The Morgan fingerprint density at radius 2 is 1.69 bits per heavy atom. The molecule has 4 aliphatic rings. The molecule has 4 saturated carbocycles. The molecule has 1 heterocycles. The van der Waals surface area contributed by atoms with E-state index in [0.29, 0.717) is 4.77 Å². The lowest BCUT2D eigenvalue weighted by molar-refractivity contribution is -0.0109. The number of aromatic nitrogens is 3. The van der Waals surface area contributed by atoms with Gasteiger partial charge in [0.15, 0.2) is 5.82 Å². The third-order valence-corrected chi connectivity index (χ3v) is 6.73. The van der Waals surface area contributed by atoms with E-state index < -0.39 is 11.6 Å². The minimum Gasteiger partial charge on any atom is -0.250 e. The van der Waals surface area contributed by atoms with Gasteiger partial charge in [0.05, 0.1) is 11.8 Å². The number of hydrogen-bond donors (Lipinski definition) is 1. The van der Waals surface area contributed by atoms with E-state index in [-0.39, 0.29) is 11.0 Å². The molecule has 2 aromatic rings. The van der Waals surface area contributed by atoms with E-state index >= 15 is 0 Å². The van der Waals surface area contributed by atoms with Gasteiger partial charge in [0.2, 0.25) is 4.77 Å². The predicted molar refractivity (Wildman–Crippen MR) is 96.6 cm³/mol. The van der Waals surface area contributed by atoms with E-state index in [1.54, 1.807) is 4.68 Å². The van der Waals surface area contributed by atoms with Crippen LogP contribution >= 0.6 is 12.2 Å². The molecule has 4 fully saturated rings. The molecule has 136 valence electrons. The Morgan fingerprint density at radius 1 is 1.12 bits per heavy atom. The minimum atomic E-state index is -0.639. The highest BCUT2D eigenvalue weighted by molar-refractivity contribution is 7.71. The maximum atomic E-state index is 13.9. The average molecular weight is 374 g/mol. The van der Waals surface area contributed by atoms with Crippen molar-refractivity contribution >= 4 is 18.4 Å². The summed E-state index contributed by atoms with van der Waals surface area (Å²) in [6.45, 7) is 0. The Morgan fingerprint density at radius 3 is 2.27 bits per heavy atom. The van der Waals surface area contributed by atoms with Crippen LogP contribution in [-0.4, -0.2) is 21.1 Å². The van der Waals surface area contributed by atoms with Gasteiger partial charge in [0.25, 0.3) is 0 Å². The van der Waals surface area contributed by atoms with Crippen LogP contribution < -0.4 is 0 Å². The number of nitrogens with zero attached hydrogens (tertiary/aromatic N) is 3. The quantitative estimate of drug-likeness (QED) is 0.632. The Balaban J connectivity index is 1.55. The summed E-state index contributed by atoms with van der Waals surface area (Å²) >= 11 is 5.35. The van der Waals surface area contributed by atoms with Gasteiger partial charge in [-0.15, -0.1) is 0 Å². The summed E-state index contributed by atoms with van der Waals surface area (Å²) in [5, 5.41) is 11.7. The third kappa shape index (κ3) is 2.47. The van der Waals surface area contributed by atoms with Gasteiger partial charge in [-0.3, -0.25) is 5.10 Å². The second-order valence-corrected chi connectivity index (χ2v) is 8.63. The van der Waals surface area contributed by atoms with Gasteiger partial charge in [-0.2, -0.15) is 14.9 Å². The highest BCUT2D eigenvalue weighted by atomic mass is 32.1. The van der Waals surface area contributed by atoms with E-state index in [1.165, 1.54) is 43.7 Å². The van der Waals surface area contributed by atoms with Crippen molar-refractivity contribution in [3.8, 4) is 0 Å². The standard InChI is InChI=1S/C19H20F2N4S/c20-15-2-1-3-16(21)14(15)10-22-25-17(23-24-18(25)26)19-7-11-4-12(8-19)6-13(5-11)9-19/h1-3,10-13H,4-9H2,(H,24,26)/b22-10+. The van der Waals surface area contributed by atoms with Crippen molar-refractivity contribution in [2.45, 2.75) is 43.9 Å². The Hall–Kier alpha value is -1.89. The van der Waals surface area contributed by atoms with E-state index in [9.17, 15) is 8.78 Å². The van der Waals surface area contributed by atoms with Crippen LogP contribution in [0.1, 0.15) is 49.9 Å². The van der Waals surface area contributed by atoms with Crippen LogP contribution in [0.5, 0.6) is 0 Å². The number of hydrogen-bond acceptors (Lipinski definition) is 3. The molecule has 0 radical (unpaired) electrons. The zero-order valence-corrected chi connectivity index (χ0v) is 15.1. The van der Waals surface area contributed by atoms with Crippen molar-refractivity contribution in [2.24, 2.45) is 22.9 Å². The Kier molecular flexibility index (Phi) is 3.64. The van der Waals surface area contributed by atoms with Gasteiger partial charge in [0.1, 0.15) is 11.6 Å². The lowest BCUT2D eigenvalue weighted by Gasteiger charge is -2.55. The SMILES string of the molecule is Fc1cccc(F)c1/C=N/n1c(C23CC4CC(CC(C4)C2)C3)n[nH]c1=S. The molecular formula is C19H20F2N4S. The fourth-order valence-corrected chi connectivity index (χ4v) is 6.06. The number of H-pyrrole nitrogens is 1. The molecule has 0 atom stereocenters. The average Bonchev–Trinajstić information content (AvgIpc) is 2.95. The molecule has 0 spiro atoms. The normalized spacial score (nSPS) is 32.6. The van der Waals surface area contributed by atoms with Crippen LogP contribution in [-0.2, 0) is 5.41 Å². The maximum Gasteiger partial charge on any atom is 0.216 e. The van der Waals surface area contributed by atoms with E-state index in [0.717, 1.165) is 42.8 Å². The molecule has 7 heteroatoms. The number of halogens is 2. The second-order valence-electron chi connectivity index (χ2n) is 8.24. The smallest absolute Gasteiger partial charge is 0.216 e. The van der Waals surface area contributed by atoms with Gasteiger partial charge < -0.3 is 0 Å². The summed E-state index contributed by atoms with van der Waals surface area (Å²) in [5.74, 6) is 1.82. The molecule has 0 amide bonds.